The lowest BCUT2D eigenvalue weighted by atomic mass is 10.0. The van der Waals surface area contributed by atoms with Crippen molar-refractivity contribution in [3.63, 3.8) is 0 Å². The number of halogens is 1. The van der Waals surface area contributed by atoms with Gasteiger partial charge >= 0.3 is 5.97 Å². The van der Waals surface area contributed by atoms with E-state index in [1.165, 1.54) is 12.1 Å². The molecule has 3 heterocycles. The zero-order valence-electron chi connectivity index (χ0n) is 16.8. The molecule has 1 atom stereocenters. The number of nitrogens with zero attached hydrogens (tertiary/aromatic N) is 2. The average Bonchev–Trinajstić information content (AvgIpc) is 3.37. The van der Waals surface area contributed by atoms with E-state index in [0.29, 0.717) is 30.6 Å². The predicted molar refractivity (Wildman–Crippen MR) is 117 cm³/mol. The Labute approximate surface area is 181 Å². The fourth-order valence-corrected chi connectivity index (χ4v) is 5.26. The largest absolute Gasteiger partial charge is 0.497 e. The van der Waals surface area contributed by atoms with E-state index >= 15 is 0 Å². The molecule has 1 aliphatic heterocycles. The quantitative estimate of drug-likeness (QED) is 0.476. The van der Waals surface area contributed by atoms with Crippen LogP contribution in [-0.4, -0.2) is 39.6 Å². The number of aliphatic carboxylic acids is 1. The van der Waals surface area contributed by atoms with Gasteiger partial charge in [0, 0.05) is 52.6 Å². The van der Waals surface area contributed by atoms with E-state index in [0.717, 1.165) is 32.3 Å². The highest BCUT2D eigenvalue weighted by Gasteiger charge is 2.33. The number of nitrogens with one attached hydrogen (secondary N) is 1. The first-order chi connectivity index (χ1) is 15.0. The highest BCUT2D eigenvalue weighted by molar-refractivity contribution is 7.15. The van der Waals surface area contributed by atoms with Crippen LogP contribution in [0.1, 0.15) is 22.2 Å². The smallest absolute Gasteiger partial charge is 0.325 e. The maximum absolute atomic E-state index is 13.6. The zero-order chi connectivity index (χ0) is 21.5. The van der Waals surface area contributed by atoms with Crippen LogP contribution in [0.3, 0.4) is 0 Å². The number of rotatable bonds is 5. The molecule has 0 fully saturated rings. The lowest BCUT2D eigenvalue weighted by Gasteiger charge is -2.31. The zero-order valence-corrected chi connectivity index (χ0v) is 17.6. The number of benzene rings is 2. The van der Waals surface area contributed by atoms with Crippen LogP contribution < -0.4 is 4.74 Å². The molecule has 0 spiro atoms. The number of methoxy groups -OCH3 is 1. The van der Waals surface area contributed by atoms with Gasteiger partial charge in [-0.25, -0.2) is 9.37 Å². The number of carboxylic acid groups (broad SMARTS) is 1. The Hall–Kier alpha value is -3.23. The maximum atomic E-state index is 13.6. The van der Waals surface area contributed by atoms with Crippen molar-refractivity contribution in [3.05, 3.63) is 70.6 Å². The highest BCUT2D eigenvalue weighted by Crippen LogP contribution is 2.37. The number of fused-ring (bicyclic) bond motifs is 2. The molecule has 158 valence electrons. The molecule has 0 bridgehead atoms. The monoisotopic (exact) mass is 437 g/mol. The lowest BCUT2D eigenvalue weighted by molar-refractivity contribution is -0.144. The minimum absolute atomic E-state index is 0.355. The molecule has 8 heteroatoms. The third-order valence-corrected chi connectivity index (χ3v) is 6.80. The van der Waals surface area contributed by atoms with Gasteiger partial charge in [-0.15, -0.1) is 11.3 Å². The van der Waals surface area contributed by atoms with Crippen molar-refractivity contribution in [1.29, 1.82) is 0 Å². The Kier molecular flexibility index (Phi) is 4.95. The molecule has 0 saturated heterocycles. The molecule has 2 N–H and O–H groups in total. The number of carboxylic acids is 1. The number of hydrogen-bond donors (Lipinski definition) is 2. The van der Waals surface area contributed by atoms with Crippen molar-refractivity contribution in [2.75, 3.05) is 13.7 Å². The fraction of sp³-hybridized carbons (Fsp3) is 0.217. The van der Waals surface area contributed by atoms with Crippen molar-refractivity contribution in [1.82, 2.24) is 14.9 Å². The number of thiazole rings is 1. The van der Waals surface area contributed by atoms with E-state index in [-0.39, 0.29) is 5.82 Å². The van der Waals surface area contributed by atoms with Crippen molar-refractivity contribution < 1.29 is 19.0 Å². The molecule has 0 saturated carbocycles. The van der Waals surface area contributed by atoms with E-state index < -0.39 is 12.0 Å². The second kappa shape index (κ2) is 7.79. The van der Waals surface area contributed by atoms with Crippen molar-refractivity contribution in [2.24, 2.45) is 0 Å². The summed E-state index contributed by atoms with van der Waals surface area (Å²) in [5.41, 5.74) is 3.28. The number of H-pyrrole nitrogens is 1. The van der Waals surface area contributed by atoms with Crippen LogP contribution in [0.2, 0.25) is 0 Å². The van der Waals surface area contributed by atoms with Gasteiger partial charge in [0.05, 0.1) is 12.8 Å². The number of aromatic amines is 1. The van der Waals surface area contributed by atoms with Crippen LogP contribution in [0.15, 0.2) is 48.7 Å². The Morgan fingerprint density at radius 2 is 2.10 bits per heavy atom. The standard InChI is InChI=1S/C23H20FN3O3S/c1-30-15-5-2-13(3-6-15)22-26-18-8-9-27(12-20(18)31-22)21(23(28)29)17-11-25-19-10-14(24)4-7-16(17)19/h2-7,10-11,21,25H,8-9,12H2,1H3,(H,28,29). The van der Waals surface area contributed by atoms with Gasteiger partial charge in [0.2, 0.25) is 0 Å². The van der Waals surface area contributed by atoms with Gasteiger partial charge in [-0.2, -0.15) is 0 Å². The number of ether oxygens (including phenoxy) is 1. The Balaban J connectivity index is 1.45. The summed E-state index contributed by atoms with van der Waals surface area (Å²) in [6.45, 7) is 1.09. The van der Waals surface area contributed by atoms with Crippen molar-refractivity contribution in [3.8, 4) is 16.3 Å². The number of aromatic nitrogens is 2. The van der Waals surface area contributed by atoms with E-state index in [2.05, 4.69) is 4.98 Å². The summed E-state index contributed by atoms with van der Waals surface area (Å²) >= 11 is 1.59. The van der Waals surface area contributed by atoms with Gasteiger partial charge in [-0.3, -0.25) is 9.69 Å². The molecule has 6 nitrogen and oxygen atoms in total. The fourth-order valence-electron chi connectivity index (χ4n) is 4.13. The van der Waals surface area contributed by atoms with Gasteiger partial charge in [-0.1, -0.05) is 0 Å². The van der Waals surface area contributed by atoms with Gasteiger partial charge in [0.15, 0.2) is 0 Å². The molecule has 1 unspecified atom stereocenters. The summed E-state index contributed by atoms with van der Waals surface area (Å²) in [6.07, 6.45) is 2.36. The molecule has 1 aliphatic rings. The maximum Gasteiger partial charge on any atom is 0.325 e. The molecule has 31 heavy (non-hydrogen) atoms. The van der Waals surface area contributed by atoms with Gasteiger partial charge < -0.3 is 14.8 Å². The second-order valence-corrected chi connectivity index (χ2v) is 8.60. The van der Waals surface area contributed by atoms with Crippen LogP contribution in [0.4, 0.5) is 4.39 Å². The molecule has 2 aromatic heterocycles. The highest BCUT2D eigenvalue weighted by atomic mass is 32.1. The summed E-state index contributed by atoms with van der Waals surface area (Å²) in [4.78, 5) is 23.1. The first kappa shape index (κ1) is 19.7. The molecule has 5 rings (SSSR count). The Bertz CT molecular complexity index is 1270. The van der Waals surface area contributed by atoms with Crippen LogP contribution in [0, 0.1) is 5.82 Å². The molecule has 0 amide bonds. The lowest BCUT2D eigenvalue weighted by Crippen LogP contribution is -2.37. The van der Waals surface area contributed by atoms with Crippen LogP contribution in [0.25, 0.3) is 21.5 Å². The summed E-state index contributed by atoms with van der Waals surface area (Å²) < 4.78 is 18.8. The number of hydrogen-bond acceptors (Lipinski definition) is 5. The summed E-state index contributed by atoms with van der Waals surface area (Å²) in [5.74, 6) is -0.487. The minimum atomic E-state index is -0.923. The van der Waals surface area contributed by atoms with E-state index in [4.69, 9.17) is 9.72 Å². The van der Waals surface area contributed by atoms with Crippen molar-refractivity contribution >= 4 is 28.2 Å². The molecular formula is C23H20FN3O3S. The third-order valence-electron chi connectivity index (χ3n) is 5.67. The van der Waals surface area contributed by atoms with Crippen LogP contribution >= 0.6 is 11.3 Å². The third kappa shape index (κ3) is 3.58. The van der Waals surface area contributed by atoms with Gasteiger partial charge in [0.25, 0.3) is 0 Å². The second-order valence-electron chi connectivity index (χ2n) is 7.51. The minimum Gasteiger partial charge on any atom is -0.497 e. The molecule has 2 aromatic carbocycles. The summed E-state index contributed by atoms with van der Waals surface area (Å²) in [6, 6.07) is 11.3. The Morgan fingerprint density at radius 1 is 1.29 bits per heavy atom. The number of carbonyl (C=O) groups is 1. The van der Waals surface area contributed by atoms with Crippen molar-refractivity contribution in [2.45, 2.75) is 19.0 Å². The average molecular weight is 437 g/mol. The van der Waals surface area contributed by atoms with Gasteiger partial charge in [-0.05, 0) is 42.5 Å². The van der Waals surface area contributed by atoms with Gasteiger partial charge in [0.1, 0.15) is 22.6 Å². The topological polar surface area (TPSA) is 78.4 Å². The molecule has 0 radical (unpaired) electrons. The van der Waals surface area contributed by atoms with E-state index in [1.54, 1.807) is 30.7 Å². The van der Waals surface area contributed by atoms with Crippen LogP contribution in [0.5, 0.6) is 5.75 Å². The molecule has 0 aliphatic carbocycles. The summed E-state index contributed by atoms with van der Waals surface area (Å²) in [5, 5.41) is 11.7. The van der Waals surface area contributed by atoms with Crippen LogP contribution in [-0.2, 0) is 17.8 Å². The molecular weight excluding hydrogens is 417 g/mol. The molecule has 4 aromatic rings. The van der Waals surface area contributed by atoms with E-state index in [9.17, 15) is 14.3 Å². The predicted octanol–water partition coefficient (Wildman–Crippen LogP) is 4.62. The normalized spacial score (nSPS) is 15.0. The summed E-state index contributed by atoms with van der Waals surface area (Å²) in [7, 11) is 1.63. The van der Waals surface area contributed by atoms with E-state index in [1.807, 2.05) is 29.2 Å². The first-order valence-electron chi connectivity index (χ1n) is 9.90. The SMILES string of the molecule is COc1ccc(-c2nc3c(s2)CN(C(C(=O)O)c2c[nH]c4cc(F)ccc24)CC3)cc1. The first-order valence-corrected chi connectivity index (χ1v) is 10.7. The Morgan fingerprint density at radius 3 is 2.84 bits per heavy atom.